The van der Waals surface area contributed by atoms with Crippen molar-refractivity contribution in [2.45, 2.75) is 38.5 Å². The van der Waals surface area contributed by atoms with Gasteiger partial charge in [-0.25, -0.2) is 0 Å². The Morgan fingerprint density at radius 3 is 2.85 bits per heavy atom. The van der Waals surface area contributed by atoms with Crippen molar-refractivity contribution < 1.29 is 9.90 Å². The van der Waals surface area contributed by atoms with Crippen LogP contribution in [-0.2, 0) is 17.8 Å². The molecule has 0 saturated carbocycles. The van der Waals surface area contributed by atoms with Gasteiger partial charge < -0.3 is 15.3 Å². The van der Waals surface area contributed by atoms with E-state index in [0.717, 1.165) is 13.0 Å². The molecular weight excluding hydrogens is 252 g/mol. The predicted molar refractivity (Wildman–Crippen MR) is 77.1 cm³/mol. The molecule has 0 bridgehead atoms. The summed E-state index contributed by atoms with van der Waals surface area (Å²) in [5.74, 6) is 0.349. The zero-order valence-corrected chi connectivity index (χ0v) is 11.9. The summed E-state index contributed by atoms with van der Waals surface area (Å²) in [7, 11) is 0. The summed E-state index contributed by atoms with van der Waals surface area (Å²) in [5, 5.41) is 13.1. The second kappa shape index (κ2) is 5.54. The Morgan fingerprint density at radius 1 is 1.35 bits per heavy atom. The number of fused-ring (bicyclic) bond motifs is 1. The van der Waals surface area contributed by atoms with Crippen molar-refractivity contribution in [3.05, 3.63) is 35.4 Å². The minimum absolute atomic E-state index is 0.118. The van der Waals surface area contributed by atoms with Gasteiger partial charge in [0.2, 0.25) is 5.91 Å². The number of amides is 1. The number of nitrogens with one attached hydrogen (secondary N) is 1. The van der Waals surface area contributed by atoms with Crippen molar-refractivity contribution in [1.82, 2.24) is 10.2 Å². The Labute approximate surface area is 119 Å². The summed E-state index contributed by atoms with van der Waals surface area (Å²) in [6.07, 6.45) is 1.19. The van der Waals surface area contributed by atoms with Crippen molar-refractivity contribution in [2.75, 3.05) is 13.1 Å². The average molecular weight is 274 g/mol. The van der Waals surface area contributed by atoms with Crippen molar-refractivity contribution in [1.29, 1.82) is 0 Å². The van der Waals surface area contributed by atoms with Crippen LogP contribution in [0.1, 0.15) is 24.5 Å². The topological polar surface area (TPSA) is 52.6 Å². The van der Waals surface area contributed by atoms with Crippen LogP contribution in [0.15, 0.2) is 24.3 Å². The summed E-state index contributed by atoms with van der Waals surface area (Å²) in [6, 6.07) is 8.18. The van der Waals surface area contributed by atoms with E-state index in [0.29, 0.717) is 19.5 Å². The number of aliphatic hydroxyl groups excluding tert-OH is 1. The van der Waals surface area contributed by atoms with Gasteiger partial charge in [-0.05, 0) is 29.9 Å². The van der Waals surface area contributed by atoms with Crippen molar-refractivity contribution >= 4 is 5.91 Å². The normalized spacial score (nSPS) is 29.9. The molecule has 1 saturated heterocycles. The highest BCUT2D eigenvalue weighted by Crippen LogP contribution is 2.21. The fourth-order valence-corrected chi connectivity index (χ4v) is 3.18. The molecule has 20 heavy (non-hydrogen) atoms. The van der Waals surface area contributed by atoms with Gasteiger partial charge in [-0.2, -0.15) is 0 Å². The van der Waals surface area contributed by atoms with Crippen molar-refractivity contribution in [3.63, 3.8) is 0 Å². The molecule has 1 fully saturated rings. The van der Waals surface area contributed by atoms with E-state index in [9.17, 15) is 9.90 Å². The van der Waals surface area contributed by atoms with Crippen LogP contribution in [0.5, 0.6) is 0 Å². The number of aliphatic hydroxyl groups is 1. The van der Waals surface area contributed by atoms with Gasteiger partial charge in [0, 0.05) is 19.6 Å². The summed E-state index contributed by atoms with van der Waals surface area (Å²) in [4.78, 5) is 14.5. The molecule has 1 aromatic carbocycles. The largest absolute Gasteiger partial charge is 0.393 e. The lowest BCUT2D eigenvalue weighted by molar-refractivity contribution is -0.137. The first-order chi connectivity index (χ1) is 9.65. The highest BCUT2D eigenvalue weighted by atomic mass is 16.3. The van der Waals surface area contributed by atoms with Crippen LogP contribution >= 0.6 is 0 Å². The van der Waals surface area contributed by atoms with E-state index in [1.807, 2.05) is 24.0 Å². The third kappa shape index (κ3) is 2.58. The molecule has 2 aliphatic heterocycles. The monoisotopic (exact) mass is 274 g/mol. The van der Waals surface area contributed by atoms with E-state index in [-0.39, 0.29) is 24.0 Å². The molecule has 0 radical (unpaired) electrons. The van der Waals surface area contributed by atoms with Crippen LogP contribution in [0.25, 0.3) is 0 Å². The molecule has 2 heterocycles. The number of hydrogen-bond acceptors (Lipinski definition) is 3. The molecule has 1 aromatic rings. The quantitative estimate of drug-likeness (QED) is 0.801. The number of hydrogen-bond donors (Lipinski definition) is 2. The Bertz CT molecular complexity index is 503. The summed E-state index contributed by atoms with van der Waals surface area (Å²) < 4.78 is 0. The lowest BCUT2D eigenvalue weighted by Crippen LogP contribution is -2.53. The molecule has 0 aliphatic carbocycles. The molecule has 0 aromatic heterocycles. The van der Waals surface area contributed by atoms with Crippen LogP contribution in [0.4, 0.5) is 0 Å². The van der Waals surface area contributed by atoms with Gasteiger partial charge >= 0.3 is 0 Å². The zero-order valence-electron chi connectivity index (χ0n) is 11.9. The Kier molecular flexibility index (Phi) is 3.76. The molecule has 3 atom stereocenters. The number of carbonyl (C=O) groups is 1. The molecule has 2 aliphatic rings. The van der Waals surface area contributed by atoms with Crippen molar-refractivity contribution in [3.8, 4) is 0 Å². The number of carbonyl (C=O) groups excluding carboxylic acids is 1. The Hall–Kier alpha value is -1.39. The molecule has 2 N–H and O–H groups in total. The fourth-order valence-electron chi connectivity index (χ4n) is 3.18. The third-order valence-corrected chi connectivity index (χ3v) is 4.55. The van der Waals surface area contributed by atoms with E-state index in [1.54, 1.807) is 0 Å². The van der Waals surface area contributed by atoms with E-state index in [2.05, 4.69) is 17.4 Å². The van der Waals surface area contributed by atoms with E-state index >= 15 is 0 Å². The molecule has 1 amide bonds. The van der Waals surface area contributed by atoms with Crippen LogP contribution in [0.3, 0.4) is 0 Å². The lowest BCUT2D eigenvalue weighted by Gasteiger charge is -2.37. The number of benzene rings is 1. The highest BCUT2D eigenvalue weighted by Gasteiger charge is 2.32. The van der Waals surface area contributed by atoms with E-state index in [4.69, 9.17) is 0 Å². The summed E-state index contributed by atoms with van der Waals surface area (Å²) in [5.41, 5.74) is 2.56. The Morgan fingerprint density at radius 2 is 2.10 bits per heavy atom. The molecule has 0 spiro atoms. The van der Waals surface area contributed by atoms with E-state index in [1.165, 1.54) is 11.1 Å². The third-order valence-electron chi connectivity index (χ3n) is 4.55. The molecule has 108 valence electrons. The lowest BCUT2D eigenvalue weighted by atomic mass is 9.93. The number of nitrogens with zero attached hydrogens (tertiary/aromatic N) is 1. The van der Waals surface area contributed by atoms with Gasteiger partial charge in [-0.1, -0.05) is 31.2 Å². The van der Waals surface area contributed by atoms with Gasteiger partial charge in [0.05, 0.1) is 12.1 Å². The van der Waals surface area contributed by atoms with E-state index < -0.39 is 0 Å². The second-order valence-electron chi connectivity index (χ2n) is 6.02. The molecule has 4 heteroatoms. The smallest absolute Gasteiger partial charge is 0.240 e. The predicted octanol–water partition coefficient (Wildman–Crippen LogP) is 0.930. The zero-order chi connectivity index (χ0) is 14.1. The summed E-state index contributed by atoms with van der Waals surface area (Å²) in [6.45, 7) is 4.11. The maximum absolute atomic E-state index is 12.6. The van der Waals surface area contributed by atoms with Crippen LogP contribution in [0, 0.1) is 5.92 Å². The second-order valence-corrected chi connectivity index (χ2v) is 6.02. The first-order valence-corrected chi connectivity index (χ1v) is 7.42. The number of rotatable bonds is 1. The van der Waals surface area contributed by atoms with Crippen LogP contribution in [0.2, 0.25) is 0 Å². The molecule has 3 unspecified atom stereocenters. The molecule has 4 nitrogen and oxygen atoms in total. The Balaban J connectivity index is 1.67. The van der Waals surface area contributed by atoms with Gasteiger partial charge in [0.15, 0.2) is 0 Å². The standard InChI is InChI=1S/C16H22N2O2/c1-11-10-18(7-6-15(11)19)16(20)14-8-12-4-2-3-5-13(12)9-17-14/h2-5,11,14-15,17,19H,6-10H2,1H3. The minimum Gasteiger partial charge on any atom is -0.393 e. The SMILES string of the molecule is CC1CN(C(=O)C2Cc3ccccc3CN2)CCC1O. The highest BCUT2D eigenvalue weighted by molar-refractivity contribution is 5.82. The van der Waals surface area contributed by atoms with Gasteiger partial charge in [-0.15, -0.1) is 0 Å². The molecular formula is C16H22N2O2. The number of likely N-dealkylation sites (tertiary alicyclic amines) is 1. The van der Waals surface area contributed by atoms with Crippen LogP contribution < -0.4 is 5.32 Å². The van der Waals surface area contributed by atoms with Gasteiger partial charge in [0.25, 0.3) is 0 Å². The average Bonchev–Trinajstić information content (AvgIpc) is 2.49. The molecule has 3 rings (SSSR count). The van der Waals surface area contributed by atoms with Gasteiger partial charge in [-0.3, -0.25) is 4.79 Å². The minimum atomic E-state index is -0.265. The van der Waals surface area contributed by atoms with Gasteiger partial charge in [0.1, 0.15) is 0 Å². The number of piperidine rings is 1. The first-order valence-electron chi connectivity index (χ1n) is 7.42. The maximum atomic E-state index is 12.6. The summed E-state index contributed by atoms with van der Waals surface area (Å²) >= 11 is 0. The maximum Gasteiger partial charge on any atom is 0.240 e. The first kappa shape index (κ1) is 13.6. The van der Waals surface area contributed by atoms with Crippen molar-refractivity contribution in [2.24, 2.45) is 5.92 Å². The van der Waals surface area contributed by atoms with Crippen LogP contribution in [-0.4, -0.2) is 41.1 Å². The fraction of sp³-hybridized carbons (Fsp3) is 0.562.